The van der Waals surface area contributed by atoms with Crippen LogP contribution in [0.25, 0.3) is 16.5 Å². The predicted octanol–water partition coefficient (Wildman–Crippen LogP) is 4.23. The molecule has 7 heteroatoms. The van der Waals surface area contributed by atoms with Gasteiger partial charge in [-0.25, -0.2) is 0 Å². The number of ether oxygens (including phenoxy) is 1. The van der Waals surface area contributed by atoms with Crippen molar-refractivity contribution in [1.29, 1.82) is 0 Å². The number of H-pyrrole nitrogens is 1. The van der Waals surface area contributed by atoms with Gasteiger partial charge in [-0.05, 0) is 43.2 Å². The van der Waals surface area contributed by atoms with E-state index in [1.807, 2.05) is 42.6 Å². The lowest BCUT2D eigenvalue weighted by atomic mass is 9.96. The highest BCUT2D eigenvalue weighted by molar-refractivity contribution is 6.31. The molecule has 3 heterocycles. The van der Waals surface area contributed by atoms with Gasteiger partial charge in [0.1, 0.15) is 5.75 Å². The number of para-hydroxylation sites is 2. The first kappa shape index (κ1) is 18.8. The Morgan fingerprint density at radius 3 is 2.87 bits per heavy atom. The maximum absolute atomic E-state index is 13.2. The topological polar surface area (TPSA) is 74.4 Å². The first-order valence-electron chi connectivity index (χ1n) is 9.80. The van der Waals surface area contributed by atoms with Crippen LogP contribution in [0.3, 0.4) is 0 Å². The van der Waals surface area contributed by atoms with Crippen LogP contribution in [-0.4, -0.2) is 40.4 Å². The number of aromatic amines is 1. The van der Waals surface area contributed by atoms with Gasteiger partial charge in [0.15, 0.2) is 0 Å². The van der Waals surface area contributed by atoms with Gasteiger partial charge in [-0.3, -0.25) is 9.59 Å². The van der Waals surface area contributed by atoms with Gasteiger partial charge in [-0.1, -0.05) is 35.9 Å². The molecule has 0 fully saturated rings. The Morgan fingerprint density at radius 2 is 2.07 bits per heavy atom. The number of fused-ring (bicyclic) bond motifs is 2. The molecule has 1 unspecified atom stereocenters. The van der Waals surface area contributed by atoms with Crippen molar-refractivity contribution in [3.63, 3.8) is 0 Å². The fraction of sp³-hybridized carbons (Fsp3) is 0.217. The minimum atomic E-state index is -1.59. The summed E-state index contributed by atoms with van der Waals surface area (Å²) in [6, 6.07) is 12.9. The van der Waals surface area contributed by atoms with E-state index in [1.165, 1.54) is 6.92 Å². The number of carbonyl (C=O) groups is 2. The third-order valence-corrected chi connectivity index (χ3v) is 6.01. The van der Waals surface area contributed by atoms with Gasteiger partial charge in [0.25, 0.3) is 17.4 Å². The summed E-state index contributed by atoms with van der Waals surface area (Å²) in [5.74, 6) is -0.288. The second-order valence-corrected chi connectivity index (χ2v) is 8.14. The molecular weight excluding hydrogens is 402 g/mol. The number of halogens is 1. The molecule has 0 radical (unpaired) electrons. The second-order valence-electron chi connectivity index (χ2n) is 7.71. The van der Waals surface area contributed by atoms with Gasteiger partial charge < -0.3 is 19.9 Å². The van der Waals surface area contributed by atoms with Crippen molar-refractivity contribution in [3.8, 4) is 5.75 Å². The Balaban J connectivity index is 1.37. The summed E-state index contributed by atoms with van der Waals surface area (Å²) in [6.07, 6.45) is 4.70. The van der Waals surface area contributed by atoms with Crippen molar-refractivity contribution in [2.24, 2.45) is 0 Å². The number of amides is 2. The maximum Gasteiger partial charge on any atom is 0.278 e. The Kier molecular flexibility index (Phi) is 4.33. The van der Waals surface area contributed by atoms with E-state index in [2.05, 4.69) is 10.3 Å². The number of benzene rings is 2. The van der Waals surface area contributed by atoms with E-state index >= 15 is 0 Å². The van der Waals surface area contributed by atoms with Crippen LogP contribution in [0.2, 0.25) is 5.02 Å². The van der Waals surface area contributed by atoms with Gasteiger partial charge in [0, 0.05) is 40.8 Å². The predicted molar refractivity (Wildman–Crippen MR) is 117 cm³/mol. The van der Waals surface area contributed by atoms with E-state index in [-0.39, 0.29) is 5.91 Å². The summed E-state index contributed by atoms with van der Waals surface area (Å²) in [6.45, 7) is 2.46. The Bertz CT molecular complexity index is 1220. The summed E-state index contributed by atoms with van der Waals surface area (Å²) >= 11 is 6.07. The Labute approximate surface area is 178 Å². The molecule has 3 aromatic rings. The quantitative estimate of drug-likeness (QED) is 0.608. The second kappa shape index (κ2) is 6.92. The number of nitrogens with zero attached hydrogens (tertiary/aromatic N) is 1. The number of aromatic nitrogens is 1. The SMILES string of the molecule is CC1(C(=O)N2CC=C(c3c[nH]c4cc(Cl)ccc34)CC2)Oc2ccccc2NC1=O. The molecular formula is C23H20ClN3O3. The molecule has 0 saturated carbocycles. The molecule has 1 aromatic heterocycles. The Hall–Kier alpha value is -3.25. The Morgan fingerprint density at radius 1 is 1.23 bits per heavy atom. The number of hydrogen-bond acceptors (Lipinski definition) is 3. The van der Waals surface area contributed by atoms with Crippen LogP contribution in [0, 0.1) is 0 Å². The summed E-state index contributed by atoms with van der Waals surface area (Å²) in [4.78, 5) is 30.8. The van der Waals surface area contributed by atoms with Crippen molar-refractivity contribution in [1.82, 2.24) is 9.88 Å². The monoisotopic (exact) mass is 421 g/mol. The van der Waals surface area contributed by atoms with Crippen molar-refractivity contribution in [2.45, 2.75) is 18.9 Å². The zero-order chi connectivity index (χ0) is 20.9. The first-order chi connectivity index (χ1) is 14.5. The molecule has 0 saturated heterocycles. The smallest absolute Gasteiger partial charge is 0.278 e. The molecule has 0 spiro atoms. The number of hydrogen-bond donors (Lipinski definition) is 2. The van der Waals surface area contributed by atoms with Crippen LogP contribution in [0.15, 0.2) is 54.7 Å². The molecule has 5 rings (SSSR count). The molecule has 152 valence electrons. The van der Waals surface area contributed by atoms with E-state index in [0.29, 0.717) is 36.0 Å². The average Bonchev–Trinajstić information content (AvgIpc) is 3.17. The molecule has 30 heavy (non-hydrogen) atoms. The van der Waals surface area contributed by atoms with E-state index in [1.54, 1.807) is 17.0 Å². The van der Waals surface area contributed by atoms with Crippen molar-refractivity contribution < 1.29 is 14.3 Å². The normalized spacial score (nSPS) is 20.9. The molecule has 1 atom stereocenters. The number of nitrogens with one attached hydrogen (secondary N) is 2. The summed E-state index contributed by atoms with van der Waals surface area (Å²) in [7, 11) is 0. The van der Waals surface area contributed by atoms with Crippen molar-refractivity contribution in [3.05, 3.63) is 65.3 Å². The molecule has 2 N–H and O–H groups in total. The highest BCUT2D eigenvalue weighted by Crippen LogP contribution is 2.35. The standard InChI is InChI=1S/C23H20ClN3O3/c1-23(21(28)26-18-4-2-3-5-20(18)30-23)22(29)27-10-8-14(9-11-27)17-13-25-19-12-15(24)6-7-16(17)19/h2-8,12-13,25H,9-11H2,1H3,(H,26,28). The maximum atomic E-state index is 13.2. The fourth-order valence-corrected chi connectivity index (χ4v) is 4.24. The fourth-order valence-electron chi connectivity index (χ4n) is 4.07. The van der Waals surface area contributed by atoms with Gasteiger partial charge in [0.2, 0.25) is 0 Å². The highest BCUT2D eigenvalue weighted by Gasteiger charge is 2.49. The highest BCUT2D eigenvalue weighted by atomic mass is 35.5. The zero-order valence-corrected chi connectivity index (χ0v) is 17.1. The molecule has 0 aliphatic carbocycles. The van der Waals surface area contributed by atoms with Gasteiger partial charge in [-0.15, -0.1) is 0 Å². The number of carbonyl (C=O) groups excluding carboxylic acids is 2. The van der Waals surface area contributed by atoms with E-state index in [4.69, 9.17) is 16.3 Å². The largest absolute Gasteiger partial charge is 0.466 e. The molecule has 0 bridgehead atoms. The van der Waals surface area contributed by atoms with Crippen molar-refractivity contribution >= 4 is 45.6 Å². The summed E-state index contributed by atoms with van der Waals surface area (Å²) < 4.78 is 5.87. The lowest BCUT2D eigenvalue weighted by Crippen LogP contribution is -2.60. The minimum Gasteiger partial charge on any atom is -0.466 e. The van der Waals surface area contributed by atoms with E-state index in [9.17, 15) is 9.59 Å². The lowest BCUT2D eigenvalue weighted by Gasteiger charge is -2.38. The first-order valence-corrected chi connectivity index (χ1v) is 10.2. The van der Waals surface area contributed by atoms with Crippen LogP contribution in [0.4, 0.5) is 5.69 Å². The van der Waals surface area contributed by atoms with Crippen LogP contribution in [0.1, 0.15) is 18.9 Å². The average molecular weight is 422 g/mol. The van der Waals surface area contributed by atoms with Crippen LogP contribution >= 0.6 is 11.6 Å². The number of rotatable bonds is 2. The molecule has 6 nitrogen and oxygen atoms in total. The van der Waals surface area contributed by atoms with Gasteiger partial charge in [-0.2, -0.15) is 0 Å². The third-order valence-electron chi connectivity index (χ3n) is 5.78. The van der Waals surface area contributed by atoms with Gasteiger partial charge in [0.05, 0.1) is 5.69 Å². The third kappa shape index (κ3) is 2.95. The van der Waals surface area contributed by atoms with E-state index in [0.717, 1.165) is 22.0 Å². The van der Waals surface area contributed by atoms with Gasteiger partial charge >= 0.3 is 0 Å². The molecule has 2 amide bonds. The van der Waals surface area contributed by atoms with Crippen LogP contribution in [-0.2, 0) is 9.59 Å². The lowest BCUT2D eigenvalue weighted by molar-refractivity contribution is -0.154. The summed E-state index contributed by atoms with van der Waals surface area (Å²) in [5.41, 5.74) is 2.25. The van der Waals surface area contributed by atoms with E-state index < -0.39 is 11.5 Å². The molecule has 2 aromatic carbocycles. The summed E-state index contributed by atoms with van der Waals surface area (Å²) in [5, 5.41) is 4.57. The minimum absolute atomic E-state index is 0.337. The number of anilines is 1. The molecule has 2 aliphatic rings. The van der Waals surface area contributed by atoms with Crippen LogP contribution < -0.4 is 10.1 Å². The molecule has 2 aliphatic heterocycles. The van der Waals surface area contributed by atoms with Crippen LogP contribution in [0.5, 0.6) is 5.75 Å². The van der Waals surface area contributed by atoms with Crippen molar-refractivity contribution in [2.75, 3.05) is 18.4 Å². The zero-order valence-electron chi connectivity index (χ0n) is 16.4.